The zero-order valence-corrected chi connectivity index (χ0v) is 32.5. The lowest BCUT2D eigenvalue weighted by atomic mass is 9.91. The minimum atomic E-state index is -0.849. The molecule has 0 aromatic heterocycles. The van der Waals surface area contributed by atoms with E-state index in [1.165, 1.54) is 19.2 Å². The smallest absolute Gasteiger partial charge is 0.405 e. The summed E-state index contributed by atoms with van der Waals surface area (Å²) in [5.74, 6) is -0.861. The van der Waals surface area contributed by atoms with Crippen molar-refractivity contribution in [2.24, 2.45) is 23.5 Å². The van der Waals surface area contributed by atoms with E-state index in [0.717, 1.165) is 5.57 Å². The molecule has 0 fully saturated rings. The van der Waals surface area contributed by atoms with Gasteiger partial charge in [-0.1, -0.05) is 100 Å². The fourth-order valence-corrected chi connectivity index (χ4v) is 4.84. The van der Waals surface area contributed by atoms with Crippen LogP contribution in [0.5, 0.6) is 11.5 Å². The Labute approximate surface area is 291 Å². The predicted molar refractivity (Wildman–Crippen MR) is 198 cm³/mol. The number of ether oxygens (including phenoxy) is 4. The number of phenols is 2. The van der Waals surface area contributed by atoms with Gasteiger partial charge in [-0.05, 0) is 43.2 Å². The van der Waals surface area contributed by atoms with Crippen LogP contribution in [0.3, 0.4) is 0 Å². The van der Waals surface area contributed by atoms with E-state index in [1.54, 1.807) is 33.3 Å². The molecule has 5 unspecified atom stereocenters. The standard InChI is InChI=1S/C32H50N2O8.3C2H6/c1-10-23(14-19(2)3)29(42-32(33)38)20(4)12-11-13-21(5)31(37)34-27-17-24(35)16-26(28(27)36)30(41-9)22(6)15-25(40-8)18-39-7;3*1-2/h11-14,16-17,19-20,22,25,29-30,35-36H,10,15,18H2,1-9H3,(H2,33,38)(H,34,37);3*1-2H3/b12-11-,21-13+,23-14+;;;. The first-order valence-electron chi connectivity index (χ1n) is 17.2. The second kappa shape index (κ2) is 28.7. The van der Waals surface area contributed by atoms with E-state index in [2.05, 4.69) is 11.4 Å². The number of primary amides is 1. The van der Waals surface area contributed by atoms with Crippen LogP contribution < -0.4 is 11.1 Å². The van der Waals surface area contributed by atoms with E-state index < -0.39 is 24.2 Å². The maximum absolute atomic E-state index is 13.0. The van der Waals surface area contributed by atoms with Gasteiger partial charge in [0.15, 0.2) is 0 Å². The van der Waals surface area contributed by atoms with E-state index in [-0.39, 0.29) is 41.0 Å². The van der Waals surface area contributed by atoms with Crippen molar-refractivity contribution in [3.8, 4) is 11.5 Å². The van der Waals surface area contributed by atoms with Gasteiger partial charge in [0.25, 0.3) is 5.91 Å². The first-order valence-corrected chi connectivity index (χ1v) is 17.2. The number of benzene rings is 1. The minimum absolute atomic E-state index is 0.0517. The first-order chi connectivity index (χ1) is 22.8. The summed E-state index contributed by atoms with van der Waals surface area (Å²) in [5.41, 5.74) is 7.03. The number of nitrogens with one attached hydrogen (secondary N) is 1. The topological polar surface area (TPSA) is 150 Å². The number of methoxy groups -OCH3 is 3. The van der Waals surface area contributed by atoms with Gasteiger partial charge in [-0.25, -0.2) is 4.79 Å². The van der Waals surface area contributed by atoms with Crippen LogP contribution in [-0.2, 0) is 23.7 Å². The monoisotopic (exact) mass is 680 g/mol. The number of hydrogen-bond acceptors (Lipinski definition) is 8. The van der Waals surface area contributed by atoms with Crippen LogP contribution in [0.1, 0.15) is 108 Å². The molecule has 48 heavy (non-hydrogen) atoms. The zero-order valence-electron chi connectivity index (χ0n) is 32.5. The van der Waals surface area contributed by atoms with Crippen LogP contribution in [0.4, 0.5) is 10.5 Å². The molecule has 0 radical (unpaired) electrons. The van der Waals surface area contributed by atoms with Crippen molar-refractivity contribution in [3.63, 3.8) is 0 Å². The number of phenolic OH excluding ortho intramolecular Hbond substituents is 2. The summed E-state index contributed by atoms with van der Waals surface area (Å²) in [4.78, 5) is 24.5. The van der Waals surface area contributed by atoms with Gasteiger partial charge in [-0.2, -0.15) is 0 Å². The van der Waals surface area contributed by atoms with Crippen LogP contribution >= 0.6 is 0 Å². The molecule has 278 valence electrons. The summed E-state index contributed by atoms with van der Waals surface area (Å²) in [6.07, 6.45) is 6.36. The van der Waals surface area contributed by atoms with E-state index in [9.17, 15) is 19.8 Å². The molecule has 0 aliphatic rings. The number of hydrogen-bond donors (Lipinski definition) is 4. The molecule has 0 heterocycles. The quantitative estimate of drug-likeness (QED) is 0.0418. The predicted octanol–water partition coefficient (Wildman–Crippen LogP) is 9.08. The molecule has 0 bridgehead atoms. The molecule has 1 rings (SSSR count). The number of allylic oxidation sites excluding steroid dienone is 3. The van der Waals surface area contributed by atoms with E-state index in [4.69, 9.17) is 24.7 Å². The third kappa shape index (κ3) is 18.3. The Morgan fingerprint density at radius 1 is 0.958 bits per heavy atom. The number of anilines is 1. The third-order valence-corrected chi connectivity index (χ3v) is 6.93. The molecule has 0 spiro atoms. The van der Waals surface area contributed by atoms with Crippen LogP contribution in [0.25, 0.3) is 0 Å². The highest BCUT2D eigenvalue weighted by atomic mass is 16.6. The van der Waals surface area contributed by atoms with Crippen molar-refractivity contribution < 1.29 is 38.7 Å². The summed E-state index contributed by atoms with van der Waals surface area (Å²) in [6.45, 7) is 24.0. The summed E-state index contributed by atoms with van der Waals surface area (Å²) in [7, 11) is 4.71. The lowest BCUT2D eigenvalue weighted by Crippen LogP contribution is -2.29. The molecular formula is C38H68N2O8. The van der Waals surface area contributed by atoms with Gasteiger partial charge in [-0.3, -0.25) is 4.79 Å². The van der Waals surface area contributed by atoms with Gasteiger partial charge < -0.3 is 40.2 Å². The fraction of sp³-hybridized carbons (Fsp3) is 0.632. The van der Waals surface area contributed by atoms with E-state index in [1.807, 2.05) is 82.2 Å². The van der Waals surface area contributed by atoms with E-state index in [0.29, 0.717) is 30.6 Å². The average molecular weight is 681 g/mol. The highest BCUT2D eigenvalue weighted by Crippen LogP contribution is 2.41. The summed E-state index contributed by atoms with van der Waals surface area (Å²) in [6, 6.07) is 2.70. The molecule has 0 aliphatic carbocycles. The molecular weight excluding hydrogens is 612 g/mol. The maximum Gasteiger partial charge on any atom is 0.405 e. The number of carbonyl (C=O) groups excluding carboxylic acids is 2. The third-order valence-electron chi connectivity index (χ3n) is 6.93. The summed E-state index contributed by atoms with van der Waals surface area (Å²) < 4.78 is 21.8. The van der Waals surface area contributed by atoms with Crippen LogP contribution in [0, 0.1) is 17.8 Å². The van der Waals surface area contributed by atoms with Gasteiger partial charge in [0.2, 0.25) is 0 Å². The molecule has 1 aromatic rings. The summed E-state index contributed by atoms with van der Waals surface area (Å²) in [5, 5.41) is 24.1. The Morgan fingerprint density at radius 3 is 2.00 bits per heavy atom. The lowest BCUT2D eigenvalue weighted by molar-refractivity contribution is -0.112. The van der Waals surface area contributed by atoms with Gasteiger partial charge >= 0.3 is 6.09 Å². The van der Waals surface area contributed by atoms with Crippen LogP contribution in [-0.4, -0.2) is 62.4 Å². The highest BCUT2D eigenvalue weighted by Gasteiger charge is 2.27. The van der Waals surface area contributed by atoms with E-state index >= 15 is 0 Å². The van der Waals surface area contributed by atoms with Crippen molar-refractivity contribution >= 4 is 17.7 Å². The van der Waals surface area contributed by atoms with Crippen LogP contribution in [0.15, 0.2) is 47.6 Å². The van der Waals surface area contributed by atoms with Crippen molar-refractivity contribution in [1.82, 2.24) is 0 Å². The Morgan fingerprint density at radius 2 is 1.54 bits per heavy atom. The average Bonchev–Trinajstić information content (AvgIpc) is 3.07. The van der Waals surface area contributed by atoms with Crippen molar-refractivity contribution in [2.45, 2.75) is 114 Å². The van der Waals surface area contributed by atoms with Gasteiger partial charge in [0, 0.05) is 44.5 Å². The van der Waals surface area contributed by atoms with Crippen LogP contribution in [0.2, 0.25) is 0 Å². The Balaban J connectivity index is -0.00000318. The first kappa shape index (κ1) is 49.1. The molecule has 0 saturated heterocycles. The van der Waals surface area contributed by atoms with Gasteiger partial charge in [0.05, 0.1) is 24.5 Å². The summed E-state index contributed by atoms with van der Waals surface area (Å²) >= 11 is 0. The molecule has 2 amide bonds. The number of nitrogens with two attached hydrogens (primary N) is 1. The molecule has 5 N–H and O–H groups in total. The van der Waals surface area contributed by atoms with Gasteiger partial charge in [-0.15, -0.1) is 0 Å². The number of rotatable bonds is 17. The number of amides is 2. The molecule has 0 saturated carbocycles. The SMILES string of the molecule is CC.CC.CC.CC/C(=C\C(C)C)C(OC(N)=O)C(C)/C=C\C=C(/C)C(=O)Nc1cc(O)cc(C(OC)C(C)CC(COC)OC)c1O. The molecule has 10 nitrogen and oxygen atoms in total. The molecule has 10 heteroatoms. The molecule has 1 aromatic carbocycles. The maximum atomic E-state index is 13.0. The Hall–Kier alpha value is -3.34. The van der Waals surface area contributed by atoms with Crippen molar-refractivity contribution in [3.05, 3.63) is 53.1 Å². The minimum Gasteiger partial charge on any atom is -0.508 e. The number of aromatic hydroxyl groups is 2. The second-order valence-electron chi connectivity index (χ2n) is 10.9. The fourth-order valence-electron chi connectivity index (χ4n) is 4.84. The molecule has 5 atom stereocenters. The largest absolute Gasteiger partial charge is 0.508 e. The van der Waals surface area contributed by atoms with Gasteiger partial charge in [0.1, 0.15) is 17.6 Å². The van der Waals surface area contributed by atoms with Crippen molar-refractivity contribution in [2.75, 3.05) is 33.3 Å². The zero-order chi connectivity index (χ0) is 38.0. The highest BCUT2D eigenvalue weighted by molar-refractivity contribution is 6.04. The Kier molecular flexibility index (Phi) is 29.3. The second-order valence-corrected chi connectivity index (χ2v) is 10.9. The number of carbonyl (C=O) groups is 2. The molecule has 0 aliphatic heterocycles. The Bertz CT molecular complexity index is 1110. The lowest BCUT2D eigenvalue weighted by Gasteiger charge is -2.27. The van der Waals surface area contributed by atoms with Crippen molar-refractivity contribution in [1.29, 1.82) is 0 Å². The normalized spacial score (nSPS) is 14.6.